The minimum absolute atomic E-state index is 0.466. The first-order valence-corrected chi connectivity index (χ1v) is 7.37. The molecule has 2 unspecified atom stereocenters. The maximum atomic E-state index is 3.84. The van der Waals surface area contributed by atoms with E-state index in [2.05, 4.69) is 57.3 Å². The number of nitrogens with one attached hydrogen (secondary N) is 1. The fraction of sp³-hybridized carbons (Fsp3) is 0.647. The molecule has 1 fully saturated rings. The molecule has 1 heteroatoms. The predicted octanol–water partition coefficient (Wildman–Crippen LogP) is 4.47. The Hall–Kier alpha value is -0.820. The maximum absolute atomic E-state index is 3.84. The summed E-state index contributed by atoms with van der Waals surface area (Å²) in [6.45, 7) is 9.29. The van der Waals surface area contributed by atoms with Gasteiger partial charge in [-0.2, -0.15) is 0 Å². The summed E-state index contributed by atoms with van der Waals surface area (Å²) in [6.07, 6.45) is 4.07. The van der Waals surface area contributed by atoms with Gasteiger partial charge in [-0.1, -0.05) is 38.1 Å². The van der Waals surface area contributed by atoms with Gasteiger partial charge in [-0.25, -0.2) is 0 Å². The number of benzene rings is 1. The summed E-state index contributed by atoms with van der Waals surface area (Å²) in [6, 6.07) is 9.89. The molecule has 1 aliphatic rings. The SMILES string of the molecule is Cc1ccccc1[C@H](C)NC1CC(C)CC(C)C1. The topological polar surface area (TPSA) is 12.0 Å². The first-order chi connectivity index (χ1) is 8.56. The van der Waals surface area contributed by atoms with Gasteiger partial charge in [0.05, 0.1) is 0 Å². The molecular formula is C17H27N. The van der Waals surface area contributed by atoms with Crippen LogP contribution < -0.4 is 5.32 Å². The monoisotopic (exact) mass is 245 g/mol. The van der Waals surface area contributed by atoms with Crippen LogP contribution in [0.2, 0.25) is 0 Å². The standard InChI is InChI=1S/C17H27N/c1-12-9-13(2)11-16(10-12)18-15(4)17-8-6-5-7-14(17)3/h5-8,12-13,15-16,18H,9-11H2,1-4H3/t12?,13?,15-,16?/m0/s1. The third-order valence-electron chi connectivity index (χ3n) is 4.32. The smallest absolute Gasteiger partial charge is 0.0296 e. The van der Waals surface area contributed by atoms with Gasteiger partial charge in [-0.15, -0.1) is 0 Å². The Kier molecular flexibility index (Phi) is 4.45. The average Bonchev–Trinajstić information content (AvgIpc) is 2.27. The molecule has 0 spiro atoms. The third-order valence-corrected chi connectivity index (χ3v) is 4.32. The van der Waals surface area contributed by atoms with Crippen molar-refractivity contribution in [2.45, 2.75) is 59.0 Å². The fourth-order valence-electron chi connectivity index (χ4n) is 3.60. The normalized spacial score (nSPS) is 30.1. The Morgan fingerprint density at radius 3 is 2.28 bits per heavy atom. The summed E-state index contributed by atoms with van der Waals surface area (Å²) in [5.74, 6) is 1.74. The van der Waals surface area contributed by atoms with E-state index in [1.54, 1.807) is 0 Å². The molecule has 1 nitrogen and oxygen atoms in total. The minimum atomic E-state index is 0.466. The van der Waals surface area contributed by atoms with Crippen LogP contribution in [-0.2, 0) is 0 Å². The Labute approximate surface area is 112 Å². The van der Waals surface area contributed by atoms with Crippen LogP contribution in [0.5, 0.6) is 0 Å². The first kappa shape index (κ1) is 13.6. The Morgan fingerprint density at radius 2 is 1.67 bits per heavy atom. The second-order valence-corrected chi connectivity index (χ2v) is 6.36. The van der Waals surface area contributed by atoms with Crippen molar-refractivity contribution in [2.24, 2.45) is 11.8 Å². The van der Waals surface area contributed by atoms with Crippen LogP contribution in [0.1, 0.15) is 57.2 Å². The summed E-state index contributed by atoms with van der Waals surface area (Å²) in [5, 5.41) is 3.84. The van der Waals surface area contributed by atoms with Crippen LogP contribution in [0.25, 0.3) is 0 Å². The molecule has 1 N–H and O–H groups in total. The molecule has 1 aliphatic carbocycles. The second kappa shape index (κ2) is 5.88. The van der Waals surface area contributed by atoms with E-state index in [-0.39, 0.29) is 0 Å². The van der Waals surface area contributed by atoms with Crippen LogP contribution in [0.15, 0.2) is 24.3 Å². The molecule has 1 aromatic rings. The van der Waals surface area contributed by atoms with E-state index in [1.165, 1.54) is 30.4 Å². The van der Waals surface area contributed by atoms with Gasteiger partial charge in [0.2, 0.25) is 0 Å². The van der Waals surface area contributed by atoms with E-state index in [4.69, 9.17) is 0 Å². The van der Waals surface area contributed by atoms with Crippen molar-refractivity contribution in [3.05, 3.63) is 35.4 Å². The molecule has 1 saturated carbocycles. The fourth-order valence-corrected chi connectivity index (χ4v) is 3.60. The van der Waals surface area contributed by atoms with Crippen LogP contribution in [0.4, 0.5) is 0 Å². The third kappa shape index (κ3) is 3.35. The Morgan fingerprint density at radius 1 is 1.06 bits per heavy atom. The van der Waals surface area contributed by atoms with Gasteiger partial charge < -0.3 is 5.32 Å². The molecule has 0 heterocycles. The molecular weight excluding hydrogens is 218 g/mol. The highest BCUT2D eigenvalue weighted by molar-refractivity contribution is 5.28. The molecule has 0 aliphatic heterocycles. The van der Waals surface area contributed by atoms with Crippen LogP contribution >= 0.6 is 0 Å². The van der Waals surface area contributed by atoms with Gasteiger partial charge in [0.15, 0.2) is 0 Å². The van der Waals surface area contributed by atoms with E-state index >= 15 is 0 Å². The number of hydrogen-bond donors (Lipinski definition) is 1. The van der Waals surface area contributed by atoms with E-state index in [0.29, 0.717) is 12.1 Å². The van der Waals surface area contributed by atoms with E-state index in [9.17, 15) is 0 Å². The summed E-state index contributed by atoms with van der Waals surface area (Å²) in [5.41, 5.74) is 2.85. The van der Waals surface area contributed by atoms with Crippen molar-refractivity contribution in [3.63, 3.8) is 0 Å². The van der Waals surface area contributed by atoms with E-state index in [0.717, 1.165) is 11.8 Å². The highest BCUT2D eigenvalue weighted by Crippen LogP contribution is 2.30. The Balaban J connectivity index is 1.99. The number of aryl methyl sites for hydroxylation is 1. The molecule has 18 heavy (non-hydrogen) atoms. The zero-order valence-electron chi connectivity index (χ0n) is 12.2. The molecule has 0 bridgehead atoms. The molecule has 1 aromatic carbocycles. The van der Waals surface area contributed by atoms with Gasteiger partial charge in [-0.05, 0) is 56.1 Å². The summed E-state index contributed by atoms with van der Waals surface area (Å²) < 4.78 is 0. The molecule has 0 amide bonds. The van der Waals surface area contributed by atoms with Crippen molar-refractivity contribution in [1.82, 2.24) is 5.32 Å². The molecule has 3 atom stereocenters. The lowest BCUT2D eigenvalue weighted by Crippen LogP contribution is -2.37. The largest absolute Gasteiger partial charge is 0.307 e. The molecule has 0 saturated heterocycles. The van der Waals surface area contributed by atoms with Crippen LogP contribution in [0.3, 0.4) is 0 Å². The summed E-state index contributed by atoms with van der Waals surface area (Å²) in [7, 11) is 0. The van der Waals surface area contributed by atoms with E-state index < -0.39 is 0 Å². The van der Waals surface area contributed by atoms with Gasteiger partial charge in [0.25, 0.3) is 0 Å². The zero-order valence-corrected chi connectivity index (χ0v) is 12.2. The van der Waals surface area contributed by atoms with Crippen LogP contribution in [-0.4, -0.2) is 6.04 Å². The molecule has 2 rings (SSSR count). The lowest BCUT2D eigenvalue weighted by atomic mass is 9.80. The van der Waals surface area contributed by atoms with Crippen molar-refractivity contribution >= 4 is 0 Å². The predicted molar refractivity (Wildman–Crippen MR) is 78.7 cm³/mol. The highest BCUT2D eigenvalue weighted by Gasteiger charge is 2.25. The quantitative estimate of drug-likeness (QED) is 0.828. The zero-order chi connectivity index (χ0) is 13.1. The average molecular weight is 245 g/mol. The van der Waals surface area contributed by atoms with Gasteiger partial charge in [0, 0.05) is 12.1 Å². The molecule has 100 valence electrons. The van der Waals surface area contributed by atoms with Crippen molar-refractivity contribution in [1.29, 1.82) is 0 Å². The van der Waals surface area contributed by atoms with Gasteiger partial charge in [-0.3, -0.25) is 0 Å². The molecule has 0 radical (unpaired) electrons. The van der Waals surface area contributed by atoms with Crippen molar-refractivity contribution in [3.8, 4) is 0 Å². The lowest BCUT2D eigenvalue weighted by molar-refractivity contribution is 0.228. The summed E-state index contributed by atoms with van der Waals surface area (Å²) in [4.78, 5) is 0. The lowest BCUT2D eigenvalue weighted by Gasteiger charge is -2.34. The van der Waals surface area contributed by atoms with Crippen molar-refractivity contribution < 1.29 is 0 Å². The summed E-state index contributed by atoms with van der Waals surface area (Å²) >= 11 is 0. The highest BCUT2D eigenvalue weighted by atomic mass is 14.9. The van der Waals surface area contributed by atoms with Gasteiger partial charge in [0.1, 0.15) is 0 Å². The van der Waals surface area contributed by atoms with E-state index in [1.807, 2.05) is 0 Å². The maximum Gasteiger partial charge on any atom is 0.0296 e. The van der Waals surface area contributed by atoms with Crippen LogP contribution in [0, 0.1) is 18.8 Å². The Bertz CT molecular complexity index is 375. The number of rotatable bonds is 3. The van der Waals surface area contributed by atoms with Gasteiger partial charge >= 0.3 is 0 Å². The minimum Gasteiger partial charge on any atom is -0.307 e. The number of hydrogen-bond acceptors (Lipinski definition) is 1. The first-order valence-electron chi connectivity index (χ1n) is 7.37. The van der Waals surface area contributed by atoms with Crippen molar-refractivity contribution in [2.75, 3.05) is 0 Å². The molecule has 0 aromatic heterocycles. The second-order valence-electron chi connectivity index (χ2n) is 6.36.